The zero-order valence-electron chi connectivity index (χ0n) is 24.0. The fraction of sp³-hybridized carbons (Fsp3) is 0.364. The molecule has 1 fully saturated rings. The van der Waals surface area contributed by atoms with E-state index in [1.807, 2.05) is 58.9 Å². The summed E-state index contributed by atoms with van der Waals surface area (Å²) in [6, 6.07) is 18.3. The summed E-state index contributed by atoms with van der Waals surface area (Å²) in [6.45, 7) is 11.5. The first kappa shape index (κ1) is 29.0. The molecule has 4 atom stereocenters. The summed E-state index contributed by atoms with van der Waals surface area (Å²) >= 11 is 0. The third-order valence-corrected chi connectivity index (χ3v) is 8.11. The highest BCUT2D eigenvalue weighted by molar-refractivity contribution is 6.10. The van der Waals surface area contributed by atoms with E-state index < -0.39 is 41.0 Å². The number of ketones is 1. The van der Waals surface area contributed by atoms with Crippen molar-refractivity contribution in [1.29, 1.82) is 0 Å². The summed E-state index contributed by atoms with van der Waals surface area (Å²) in [4.78, 5) is 41.6. The molecule has 1 saturated carbocycles. The highest BCUT2D eigenvalue weighted by atomic mass is 16.5. The number of ether oxygens (including phenoxy) is 1. The lowest BCUT2D eigenvalue weighted by atomic mass is 9.61. The molecule has 7 heteroatoms. The lowest BCUT2D eigenvalue weighted by Crippen LogP contribution is -2.56. The van der Waals surface area contributed by atoms with Gasteiger partial charge < -0.3 is 20.5 Å². The number of benzene rings is 3. The molecule has 0 aliphatic heterocycles. The molecule has 0 heterocycles. The van der Waals surface area contributed by atoms with Crippen LogP contribution in [0.1, 0.15) is 54.0 Å². The third-order valence-electron chi connectivity index (χ3n) is 8.11. The lowest BCUT2D eigenvalue weighted by Gasteiger charge is -2.44. The summed E-state index contributed by atoms with van der Waals surface area (Å²) in [6.07, 6.45) is -0.329. The molecule has 3 aromatic carbocycles. The monoisotopic (exact) mass is 542 g/mol. The lowest BCUT2D eigenvalue weighted by molar-refractivity contribution is -0.150. The van der Waals surface area contributed by atoms with Gasteiger partial charge in [-0.3, -0.25) is 14.4 Å². The number of anilines is 2. The fourth-order valence-corrected chi connectivity index (χ4v) is 5.66. The number of aliphatic hydroxyl groups is 1. The first-order chi connectivity index (χ1) is 18.9. The average molecular weight is 543 g/mol. The quantitative estimate of drug-likeness (QED) is 0.336. The Balaban J connectivity index is 1.82. The molecule has 0 spiro atoms. The van der Waals surface area contributed by atoms with Crippen molar-refractivity contribution in [1.82, 2.24) is 0 Å². The maximum Gasteiger partial charge on any atom is 0.235 e. The van der Waals surface area contributed by atoms with Crippen molar-refractivity contribution >= 4 is 29.0 Å². The van der Waals surface area contributed by atoms with Crippen LogP contribution >= 0.6 is 0 Å². The zero-order chi connectivity index (χ0) is 29.2. The fourth-order valence-electron chi connectivity index (χ4n) is 5.66. The molecule has 40 heavy (non-hydrogen) atoms. The van der Waals surface area contributed by atoms with Gasteiger partial charge in [0.2, 0.25) is 11.8 Å². The van der Waals surface area contributed by atoms with Gasteiger partial charge in [0.05, 0.1) is 18.1 Å². The van der Waals surface area contributed by atoms with E-state index in [2.05, 4.69) is 10.6 Å². The minimum absolute atomic E-state index is 0.329. The number of nitrogens with one attached hydrogen (secondary N) is 2. The Morgan fingerprint density at radius 1 is 0.900 bits per heavy atom. The SMILES string of the molecule is CCOc1cccc(C2C(C(=O)Nc3cccc(C)c3C)C(=O)CC(C)(O)C2C(=O)Nc2cccc(C)c2C)c1. The molecule has 3 aromatic rings. The second-order valence-electron chi connectivity index (χ2n) is 11.0. The van der Waals surface area contributed by atoms with Crippen LogP contribution in [0.3, 0.4) is 0 Å². The van der Waals surface area contributed by atoms with E-state index in [9.17, 15) is 19.5 Å². The summed E-state index contributed by atoms with van der Waals surface area (Å²) in [5.74, 6) is -4.07. The second-order valence-corrected chi connectivity index (χ2v) is 11.0. The van der Waals surface area contributed by atoms with Crippen LogP contribution in [0.15, 0.2) is 60.7 Å². The highest BCUT2D eigenvalue weighted by Crippen LogP contribution is 2.47. The zero-order valence-corrected chi connectivity index (χ0v) is 24.0. The molecule has 210 valence electrons. The maximum absolute atomic E-state index is 14.0. The van der Waals surface area contributed by atoms with Crippen molar-refractivity contribution in [3.05, 3.63) is 88.5 Å². The van der Waals surface area contributed by atoms with Gasteiger partial charge in [0, 0.05) is 23.7 Å². The molecule has 4 unspecified atom stereocenters. The van der Waals surface area contributed by atoms with E-state index in [1.54, 1.807) is 36.4 Å². The Morgan fingerprint density at radius 2 is 1.45 bits per heavy atom. The minimum Gasteiger partial charge on any atom is -0.494 e. The van der Waals surface area contributed by atoms with Crippen LogP contribution in [-0.4, -0.2) is 34.9 Å². The van der Waals surface area contributed by atoms with Gasteiger partial charge in [-0.05, 0) is 93.6 Å². The van der Waals surface area contributed by atoms with Crippen molar-refractivity contribution in [3.63, 3.8) is 0 Å². The first-order valence-corrected chi connectivity index (χ1v) is 13.7. The second kappa shape index (κ2) is 11.6. The highest BCUT2D eigenvalue weighted by Gasteiger charge is 2.56. The van der Waals surface area contributed by atoms with E-state index in [0.717, 1.165) is 22.3 Å². The van der Waals surface area contributed by atoms with Crippen molar-refractivity contribution in [3.8, 4) is 5.75 Å². The van der Waals surface area contributed by atoms with E-state index >= 15 is 0 Å². The standard InChI is InChI=1S/C33H38N2O5/c1-7-40-24-14-10-13-23(17-24)28-29(31(37)34-25-15-8-11-19(2)21(25)4)27(36)18-33(6,39)30(28)32(38)35-26-16-9-12-20(3)22(26)5/h8-17,28-30,39H,7,18H2,1-6H3,(H,34,37)(H,35,38). The molecule has 4 rings (SSSR count). The molecule has 7 nitrogen and oxygen atoms in total. The van der Waals surface area contributed by atoms with E-state index in [4.69, 9.17) is 4.74 Å². The van der Waals surface area contributed by atoms with Gasteiger partial charge >= 0.3 is 0 Å². The number of hydrogen-bond acceptors (Lipinski definition) is 5. The number of carbonyl (C=O) groups is 3. The van der Waals surface area contributed by atoms with E-state index in [0.29, 0.717) is 29.3 Å². The van der Waals surface area contributed by atoms with Crippen molar-refractivity contribution in [2.24, 2.45) is 11.8 Å². The van der Waals surface area contributed by atoms with Crippen LogP contribution in [0.4, 0.5) is 11.4 Å². The molecule has 1 aliphatic carbocycles. The largest absolute Gasteiger partial charge is 0.494 e. The summed E-state index contributed by atoms with van der Waals surface area (Å²) in [7, 11) is 0. The van der Waals surface area contributed by atoms with Crippen molar-refractivity contribution < 1.29 is 24.2 Å². The predicted octanol–water partition coefficient (Wildman–Crippen LogP) is 5.64. The van der Waals surface area contributed by atoms with Crippen LogP contribution in [0.25, 0.3) is 0 Å². The van der Waals surface area contributed by atoms with Gasteiger partial charge in [-0.15, -0.1) is 0 Å². The van der Waals surface area contributed by atoms with Gasteiger partial charge in [0.1, 0.15) is 17.5 Å². The average Bonchev–Trinajstić information content (AvgIpc) is 2.88. The molecule has 1 aliphatic rings. The Morgan fingerprint density at radius 3 is 2.02 bits per heavy atom. The third kappa shape index (κ3) is 5.80. The molecular formula is C33H38N2O5. The molecule has 0 aromatic heterocycles. The van der Waals surface area contributed by atoms with Crippen LogP contribution in [0.2, 0.25) is 0 Å². The molecular weight excluding hydrogens is 504 g/mol. The maximum atomic E-state index is 14.0. The van der Waals surface area contributed by atoms with E-state index in [-0.39, 0.29) is 6.42 Å². The van der Waals surface area contributed by atoms with Crippen LogP contribution in [0, 0.1) is 39.5 Å². The summed E-state index contributed by atoms with van der Waals surface area (Å²) in [5.41, 5.74) is 3.91. The molecule has 0 bridgehead atoms. The Labute approximate surface area is 236 Å². The Hall–Kier alpha value is -3.97. The minimum atomic E-state index is -1.69. The molecule has 0 saturated heterocycles. The molecule has 0 radical (unpaired) electrons. The molecule has 3 N–H and O–H groups in total. The smallest absolute Gasteiger partial charge is 0.235 e. The number of rotatable bonds is 7. The van der Waals surface area contributed by atoms with Crippen LogP contribution < -0.4 is 15.4 Å². The number of Topliss-reactive ketones (excluding diaryl/α,β-unsaturated/α-hetero) is 1. The van der Waals surface area contributed by atoms with E-state index in [1.165, 1.54) is 6.92 Å². The van der Waals surface area contributed by atoms with Gasteiger partial charge in [-0.2, -0.15) is 0 Å². The van der Waals surface area contributed by atoms with Crippen molar-refractivity contribution in [2.75, 3.05) is 17.2 Å². The topological polar surface area (TPSA) is 105 Å². The van der Waals surface area contributed by atoms with Gasteiger partial charge in [0.15, 0.2) is 0 Å². The van der Waals surface area contributed by atoms with Crippen LogP contribution in [-0.2, 0) is 14.4 Å². The van der Waals surface area contributed by atoms with Gasteiger partial charge in [0.25, 0.3) is 0 Å². The summed E-state index contributed by atoms with van der Waals surface area (Å²) < 4.78 is 5.71. The summed E-state index contributed by atoms with van der Waals surface area (Å²) in [5, 5.41) is 17.5. The normalized spacial score (nSPS) is 22.5. The molecule has 2 amide bonds. The van der Waals surface area contributed by atoms with Crippen LogP contribution in [0.5, 0.6) is 5.75 Å². The number of aryl methyl sites for hydroxylation is 2. The first-order valence-electron chi connectivity index (χ1n) is 13.7. The Kier molecular flexibility index (Phi) is 8.45. The van der Waals surface area contributed by atoms with Gasteiger partial charge in [-0.1, -0.05) is 36.4 Å². The van der Waals surface area contributed by atoms with Crippen molar-refractivity contribution in [2.45, 2.75) is 59.5 Å². The predicted molar refractivity (Wildman–Crippen MR) is 157 cm³/mol. The Bertz CT molecular complexity index is 1440. The number of amides is 2. The van der Waals surface area contributed by atoms with Gasteiger partial charge in [-0.25, -0.2) is 0 Å². The number of hydrogen-bond donors (Lipinski definition) is 3. The number of carbonyl (C=O) groups excluding carboxylic acids is 3.